The second kappa shape index (κ2) is 9.01. The van der Waals surface area contributed by atoms with E-state index in [1.807, 2.05) is 0 Å². The molecule has 2 fully saturated rings. The Kier molecular flexibility index (Phi) is 6.71. The summed E-state index contributed by atoms with van der Waals surface area (Å²) < 4.78 is 0. The van der Waals surface area contributed by atoms with Crippen molar-refractivity contribution in [2.45, 2.75) is 46.1 Å². The van der Waals surface area contributed by atoms with Crippen molar-refractivity contribution in [1.82, 2.24) is 14.7 Å². The van der Waals surface area contributed by atoms with Crippen LogP contribution >= 0.6 is 0 Å². The summed E-state index contributed by atoms with van der Waals surface area (Å²) in [6.45, 7) is 12.4. The fourth-order valence-electron chi connectivity index (χ4n) is 4.76. The van der Waals surface area contributed by atoms with E-state index in [9.17, 15) is 4.79 Å². The molecule has 1 amide bonds. The molecule has 1 saturated heterocycles. The van der Waals surface area contributed by atoms with Gasteiger partial charge in [-0.3, -0.25) is 9.69 Å². The summed E-state index contributed by atoms with van der Waals surface area (Å²) in [6.07, 6.45) is 5.20. The number of hydrogen-bond acceptors (Lipinski definition) is 3. The molecule has 1 aromatic carbocycles. The Morgan fingerprint density at radius 3 is 2.23 bits per heavy atom. The standard InChI is InChI=1S/C22H35N3O/c1-3-25(20(2)26)19-22(11-7-8-12-22)18-24-15-13-23(14-16-24)17-21-9-5-4-6-10-21/h4-6,9-10H,3,7-8,11-19H2,1-2H3. The normalized spacial score (nSPS) is 21.0. The van der Waals surface area contributed by atoms with Gasteiger partial charge >= 0.3 is 0 Å². The Labute approximate surface area is 159 Å². The van der Waals surface area contributed by atoms with Gasteiger partial charge in [0, 0.05) is 64.7 Å². The highest BCUT2D eigenvalue weighted by Crippen LogP contribution is 2.40. The second-order valence-electron chi connectivity index (χ2n) is 8.28. The van der Waals surface area contributed by atoms with Crippen LogP contribution in [0.2, 0.25) is 0 Å². The Morgan fingerprint density at radius 1 is 1.04 bits per heavy atom. The highest BCUT2D eigenvalue weighted by Gasteiger charge is 2.38. The predicted octanol–water partition coefficient (Wildman–Crippen LogP) is 3.23. The van der Waals surface area contributed by atoms with E-state index in [1.54, 1.807) is 6.92 Å². The highest BCUT2D eigenvalue weighted by atomic mass is 16.2. The molecule has 0 unspecified atom stereocenters. The maximum absolute atomic E-state index is 11.9. The second-order valence-corrected chi connectivity index (χ2v) is 8.28. The van der Waals surface area contributed by atoms with Gasteiger partial charge in [-0.15, -0.1) is 0 Å². The Bertz CT molecular complexity index is 560. The lowest BCUT2D eigenvalue weighted by Crippen LogP contribution is -2.51. The average Bonchev–Trinajstić information content (AvgIpc) is 3.10. The Balaban J connectivity index is 1.52. The van der Waals surface area contributed by atoms with E-state index in [0.29, 0.717) is 5.41 Å². The quantitative estimate of drug-likeness (QED) is 0.750. The predicted molar refractivity (Wildman–Crippen MR) is 107 cm³/mol. The van der Waals surface area contributed by atoms with Crippen molar-refractivity contribution in [3.8, 4) is 0 Å². The number of carbonyl (C=O) groups excluding carboxylic acids is 1. The summed E-state index contributed by atoms with van der Waals surface area (Å²) in [5.41, 5.74) is 1.73. The van der Waals surface area contributed by atoms with Crippen LogP contribution in [0, 0.1) is 5.41 Å². The average molecular weight is 358 g/mol. The zero-order chi connectivity index (χ0) is 18.4. The first-order valence-corrected chi connectivity index (χ1v) is 10.3. The Morgan fingerprint density at radius 2 is 1.65 bits per heavy atom. The molecule has 0 aromatic heterocycles. The number of carbonyl (C=O) groups is 1. The van der Waals surface area contributed by atoms with E-state index < -0.39 is 0 Å². The molecule has 3 rings (SSSR count). The van der Waals surface area contributed by atoms with Crippen LogP contribution in [0.4, 0.5) is 0 Å². The maximum Gasteiger partial charge on any atom is 0.219 e. The molecule has 2 aliphatic rings. The van der Waals surface area contributed by atoms with Crippen LogP contribution in [-0.4, -0.2) is 66.4 Å². The van der Waals surface area contributed by atoms with Crippen molar-refractivity contribution >= 4 is 5.91 Å². The molecule has 1 heterocycles. The first-order chi connectivity index (χ1) is 12.6. The van der Waals surface area contributed by atoms with E-state index in [2.05, 4.69) is 52.0 Å². The minimum absolute atomic E-state index is 0.228. The number of piperazine rings is 1. The molecule has 0 radical (unpaired) electrons. The molecule has 0 N–H and O–H groups in total. The molecule has 1 aliphatic heterocycles. The van der Waals surface area contributed by atoms with Gasteiger partial charge in [-0.05, 0) is 25.3 Å². The van der Waals surface area contributed by atoms with Crippen molar-refractivity contribution < 1.29 is 4.79 Å². The van der Waals surface area contributed by atoms with Gasteiger partial charge in [0.1, 0.15) is 0 Å². The van der Waals surface area contributed by atoms with E-state index in [0.717, 1.165) is 52.4 Å². The summed E-state index contributed by atoms with van der Waals surface area (Å²) in [5.74, 6) is 0.228. The molecular weight excluding hydrogens is 322 g/mol. The molecule has 26 heavy (non-hydrogen) atoms. The Hall–Kier alpha value is -1.39. The largest absolute Gasteiger partial charge is 0.343 e. The number of amides is 1. The van der Waals surface area contributed by atoms with Gasteiger partial charge in [-0.1, -0.05) is 43.2 Å². The summed E-state index contributed by atoms with van der Waals surface area (Å²) in [7, 11) is 0. The van der Waals surface area contributed by atoms with Gasteiger partial charge < -0.3 is 9.80 Å². The van der Waals surface area contributed by atoms with Crippen molar-refractivity contribution in [2.75, 3.05) is 45.8 Å². The van der Waals surface area contributed by atoms with Crippen molar-refractivity contribution in [3.63, 3.8) is 0 Å². The van der Waals surface area contributed by atoms with E-state index in [-0.39, 0.29) is 5.91 Å². The van der Waals surface area contributed by atoms with Crippen LogP contribution in [0.15, 0.2) is 30.3 Å². The van der Waals surface area contributed by atoms with Crippen molar-refractivity contribution in [3.05, 3.63) is 35.9 Å². The van der Waals surface area contributed by atoms with Crippen LogP contribution in [0.1, 0.15) is 45.1 Å². The number of nitrogens with zero attached hydrogens (tertiary/aromatic N) is 3. The molecule has 1 aromatic rings. The molecule has 0 atom stereocenters. The van der Waals surface area contributed by atoms with Crippen LogP contribution in [0.3, 0.4) is 0 Å². The van der Waals surface area contributed by atoms with Crippen LogP contribution in [0.5, 0.6) is 0 Å². The number of rotatable bonds is 7. The molecule has 1 aliphatic carbocycles. The summed E-state index contributed by atoms with van der Waals surface area (Å²) >= 11 is 0. The molecule has 0 bridgehead atoms. The third-order valence-electron chi connectivity index (χ3n) is 6.29. The minimum atomic E-state index is 0.228. The highest BCUT2D eigenvalue weighted by molar-refractivity contribution is 5.73. The topological polar surface area (TPSA) is 26.8 Å². The first kappa shape index (κ1) is 19.4. The smallest absolute Gasteiger partial charge is 0.219 e. The van der Waals surface area contributed by atoms with E-state index in [4.69, 9.17) is 0 Å². The summed E-state index contributed by atoms with van der Waals surface area (Å²) in [6, 6.07) is 10.8. The summed E-state index contributed by atoms with van der Waals surface area (Å²) in [5, 5.41) is 0. The number of benzene rings is 1. The fraction of sp³-hybridized carbons (Fsp3) is 0.682. The fourth-order valence-corrected chi connectivity index (χ4v) is 4.76. The monoisotopic (exact) mass is 357 g/mol. The van der Waals surface area contributed by atoms with Crippen molar-refractivity contribution in [1.29, 1.82) is 0 Å². The van der Waals surface area contributed by atoms with E-state index >= 15 is 0 Å². The zero-order valence-electron chi connectivity index (χ0n) is 16.6. The van der Waals surface area contributed by atoms with Gasteiger partial charge in [0.15, 0.2) is 0 Å². The van der Waals surface area contributed by atoms with Gasteiger partial charge in [-0.2, -0.15) is 0 Å². The molecule has 1 saturated carbocycles. The third-order valence-corrected chi connectivity index (χ3v) is 6.29. The number of hydrogen-bond donors (Lipinski definition) is 0. The summed E-state index contributed by atoms with van der Waals surface area (Å²) in [4.78, 5) is 19.2. The lowest BCUT2D eigenvalue weighted by molar-refractivity contribution is -0.130. The van der Waals surface area contributed by atoms with E-state index in [1.165, 1.54) is 31.2 Å². The molecule has 144 valence electrons. The lowest BCUT2D eigenvalue weighted by Gasteiger charge is -2.42. The zero-order valence-corrected chi connectivity index (χ0v) is 16.6. The lowest BCUT2D eigenvalue weighted by atomic mass is 9.84. The molecule has 0 spiro atoms. The maximum atomic E-state index is 11.9. The first-order valence-electron chi connectivity index (χ1n) is 10.3. The SMILES string of the molecule is CCN(CC1(CN2CCN(Cc3ccccc3)CC2)CCCC1)C(C)=O. The van der Waals surface area contributed by atoms with Crippen molar-refractivity contribution in [2.24, 2.45) is 5.41 Å². The van der Waals surface area contributed by atoms with Gasteiger partial charge in [0.25, 0.3) is 0 Å². The molecule has 4 heteroatoms. The van der Waals surface area contributed by atoms with Crippen LogP contribution < -0.4 is 0 Å². The van der Waals surface area contributed by atoms with Gasteiger partial charge in [0.05, 0.1) is 0 Å². The third kappa shape index (κ3) is 5.08. The van der Waals surface area contributed by atoms with Crippen LogP contribution in [-0.2, 0) is 11.3 Å². The van der Waals surface area contributed by atoms with Crippen LogP contribution in [0.25, 0.3) is 0 Å². The molecule has 4 nitrogen and oxygen atoms in total. The minimum Gasteiger partial charge on any atom is -0.343 e. The van der Waals surface area contributed by atoms with Gasteiger partial charge in [0.2, 0.25) is 5.91 Å². The van der Waals surface area contributed by atoms with Gasteiger partial charge in [-0.25, -0.2) is 0 Å². The molecular formula is C22H35N3O.